The second kappa shape index (κ2) is 5.99. The van der Waals surface area contributed by atoms with E-state index in [1.54, 1.807) is 11.0 Å². The van der Waals surface area contributed by atoms with Crippen LogP contribution in [0.3, 0.4) is 0 Å². The third-order valence-corrected chi connectivity index (χ3v) is 4.02. The zero-order valence-electron chi connectivity index (χ0n) is 12.9. The number of anilines is 1. The van der Waals surface area contributed by atoms with Crippen molar-refractivity contribution < 1.29 is 18.3 Å². The summed E-state index contributed by atoms with van der Waals surface area (Å²) >= 11 is 0. The van der Waals surface area contributed by atoms with Crippen molar-refractivity contribution in [1.82, 2.24) is 0 Å². The highest BCUT2D eigenvalue weighted by molar-refractivity contribution is 5.93. The molecule has 0 radical (unpaired) electrons. The van der Waals surface area contributed by atoms with Gasteiger partial charge in [-0.05, 0) is 49.4 Å². The Morgan fingerprint density at radius 2 is 1.78 bits per heavy atom. The molecule has 2 aromatic carbocycles. The quantitative estimate of drug-likeness (QED) is 0.829. The first-order chi connectivity index (χ1) is 11.0. The van der Waals surface area contributed by atoms with E-state index in [9.17, 15) is 13.6 Å². The number of carbonyl (C=O) groups excluding carboxylic acids is 1. The zero-order valence-corrected chi connectivity index (χ0v) is 12.9. The summed E-state index contributed by atoms with van der Waals surface area (Å²) in [4.78, 5) is 13.6. The Bertz CT molecular complexity index is 730. The van der Waals surface area contributed by atoms with Gasteiger partial charge in [-0.25, -0.2) is 8.78 Å². The third kappa shape index (κ3) is 3.04. The molecule has 1 heterocycles. The molecule has 2 aromatic rings. The molecule has 0 saturated carbocycles. The second-order valence-corrected chi connectivity index (χ2v) is 5.74. The molecule has 0 aliphatic carbocycles. The number of benzene rings is 2. The minimum atomic E-state index is -0.392. The van der Waals surface area contributed by atoms with Crippen LogP contribution in [0.2, 0.25) is 0 Å². The molecule has 3 nitrogen and oxygen atoms in total. The molecular weight excluding hydrogens is 300 g/mol. The maximum absolute atomic E-state index is 13.7. The fraction of sp³-hybridized carbons (Fsp3) is 0.278. The first-order valence-corrected chi connectivity index (χ1v) is 7.47. The topological polar surface area (TPSA) is 29.5 Å². The number of fused-ring (bicyclic) bond motifs is 1. The van der Waals surface area contributed by atoms with Gasteiger partial charge in [-0.3, -0.25) is 4.79 Å². The molecule has 5 heteroatoms. The van der Waals surface area contributed by atoms with E-state index < -0.39 is 6.10 Å². The average molecular weight is 317 g/mol. The second-order valence-electron chi connectivity index (χ2n) is 5.74. The van der Waals surface area contributed by atoms with Crippen LogP contribution in [0.15, 0.2) is 42.5 Å². The highest BCUT2D eigenvalue weighted by Gasteiger charge is 2.33. The predicted molar refractivity (Wildman–Crippen MR) is 83.4 cm³/mol. The number of carbonyl (C=O) groups is 1. The summed E-state index contributed by atoms with van der Waals surface area (Å²) in [6, 6.07) is 9.96. The van der Waals surface area contributed by atoms with Crippen molar-refractivity contribution in [1.29, 1.82) is 0 Å². The van der Waals surface area contributed by atoms with E-state index in [1.165, 1.54) is 43.3 Å². The molecule has 1 amide bonds. The molecule has 2 atom stereocenters. The SMILES string of the molecule is CC(=O)N1c2ccc(F)cc2[C@H](Oc2ccc(F)cc2)C[C@@H]1C. The van der Waals surface area contributed by atoms with E-state index in [0.717, 1.165) is 0 Å². The van der Waals surface area contributed by atoms with Crippen LogP contribution in [0.25, 0.3) is 0 Å². The van der Waals surface area contributed by atoms with Gasteiger partial charge in [0.05, 0.1) is 5.69 Å². The summed E-state index contributed by atoms with van der Waals surface area (Å²) in [6.07, 6.45) is 0.143. The minimum absolute atomic E-state index is 0.0732. The Morgan fingerprint density at radius 1 is 1.13 bits per heavy atom. The van der Waals surface area contributed by atoms with Crippen LogP contribution in [-0.2, 0) is 4.79 Å². The lowest BCUT2D eigenvalue weighted by molar-refractivity contribution is -0.117. The van der Waals surface area contributed by atoms with Crippen molar-refractivity contribution in [3.05, 3.63) is 59.7 Å². The van der Waals surface area contributed by atoms with Crippen molar-refractivity contribution in [3.63, 3.8) is 0 Å². The average Bonchev–Trinajstić information content (AvgIpc) is 2.49. The van der Waals surface area contributed by atoms with Gasteiger partial charge < -0.3 is 9.64 Å². The van der Waals surface area contributed by atoms with Gasteiger partial charge in [0.2, 0.25) is 5.91 Å². The van der Waals surface area contributed by atoms with Crippen molar-refractivity contribution in [2.75, 3.05) is 4.90 Å². The molecule has 0 aromatic heterocycles. The van der Waals surface area contributed by atoms with Crippen LogP contribution in [0.5, 0.6) is 5.75 Å². The first kappa shape index (κ1) is 15.5. The highest BCUT2D eigenvalue weighted by atomic mass is 19.1. The number of hydrogen-bond acceptors (Lipinski definition) is 2. The van der Waals surface area contributed by atoms with Gasteiger partial charge in [0.1, 0.15) is 23.5 Å². The van der Waals surface area contributed by atoms with E-state index >= 15 is 0 Å². The van der Waals surface area contributed by atoms with E-state index in [1.807, 2.05) is 6.92 Å². The molecule has 0 spiro atoms. The highest BCUT2D eigenvalue weighted by Crippen LogP contribution is 2.40. The fourth-order valence-electron chi connectivity index (χ4n) is 3.05. The Labute approximate surface area is 133 Å². The number of halogens is 2. The maximum Gasteiger partial charge on any atom is 0.224 e. The van der Waals surface area contributed by atoms with Gasteiger partial charge >= 0.3 is 0 Å². The molecule has 23 heavy (non-hydrogen) atoms. The molecule has 0 N–H and O–H groups in total. The lowest BCUT2D eigenvalue weighted by Crippen LogP contribution is -2.42. The van der Waals surface area contributed by atoms with Crippen LogP contribution in [-0.4, -0.2) is 11.9 Å². The summed E-state index contributed by atoms with van der Waals surface area (Å²) in [7, 11) is 0. The number of amides is 1. The molecule has 3 rings (SSSR count). The Morgan fingerprint density at radius 3 is 2.43 bits per heavy atom. The molecular formula is C18H17F2NO2. The van der Waals surface area contributed by atoms with Crippen molar-refractivity contribution >= 4 is 11.6 Å². The number of rotatable bonds is 2. The van der Waals surface area contributed by atoms with Crippen LogP contribution >= 0.6 is 0 Å². The standard InChI is InChI=1S/C18H17F2NO2/c1-11-9-18(23-15-6-3-13(19)4-7-15)16-10-14(20)5-8-17(16)21(11)12(2)22/h3-8,10-11,18H,9H2,1-2H3/t11-,18+/m0/s1. The van der Waals surface area contributed by atoms with Gasteiger partial charge in [-0.2, -0.15) is 0 Å². The van der Waals surface area contributed by atoms with Crippen molar-refractivity contribution in [2.45, 2.75) is 32.4 Å². The van der Waals surface area contributed by atoms with Crippen LogP contribution in [0.1, 0.15) is 31.9 Å². The summed E-state index contributed by atoms with van der Waals surface area (Å²) in [5.74, 6) is -0.307. The van der Waals surface area contributed by atoms with E-state index in [2.05, 4.69) is 0 Å². The maximum atomic E-state index is 13.7. The van der Waals surface area contributed by atoms with Crippen molar-refractivity contribution in [3.8, 4) is 5.75 Å². The van der Waals surface area contributed by atoms with Gasteiger partial charge in [0.25, 0.3) is 0 Å². The molecule has 1 aliphatic rings. The first-order valence-electron chi connectivity index (χ1n) is 7.47. The Balaban J connectivity index is 1.98. The van der Waals surface area contributed by atoms with Crippen LogP contribution < -0.4 is 9.64 Å². The molecule has 1 aliphatic heterocycles. The number of ether oxygens (including phenoxy) is 1. The van der Waals surface area contributed by atoms with E-state index in [4.69, 9.17) is 4.74 Å². The smallest absolute Gasteiger partial charge is 0.224 e. The Kier molecular flexibility index (Phi) is 4.03. The van der Waals surface area contributed by atoms with Gasteiger partial charge in [0.15, 0.2) is 0 Å². The molecule has 0 bridgehead atoms. The molecule has 0 saturated heterocycles. The molecule has 0 unspecified atom stereocenters. The van der Waals surface area contributed by atoms with E-state index in [0.29, 0.717) is 23.4 Å². The lowest BCUT2D eigenvalue weighted by atomic mass is 9.93. The summed E-state index contributed by atoms with van der Waals surface area (Å²) in [6.45, 7) is 3.42. The lowest BCUT2D eigenvalue weighted by Gasteiger charge is -2.38. The normalized spacial score (nSPS) is 20.1. The minimum Gasteiger partial charge on any atom is -0.486 e. The van der Waals surface area contributed by atoms with Crippen molar-refractivity contribution in [2.24, 2.45) is 0 Å². The number of nitrogens with zero attached hydrogens (tertiary/aromatic N) is 1. The third-order valence-electron chi connectivity index (χ3n) is 4.02. The Hall–Kier alpha value is -2.43. The largest absolute Gasteiger partial charge is 0.486 e. The van der Waals surface area contributed by atoms with Gasteiger partial charge in [0, 0.05) is 24.9 Å². The monoisotopic (exact) mass is 317 g/mol. The zero-order chi connectivity index (χ0) is 16.6. The van der Waals surface area contributed by atoms with E-state index in [-0.39, 0.29) is 23.6 Å². The van der Waals surface area contributed by atoms with Crippen LogP contribution in [0.4, 0.5) is 14.5 Å². The van der Waals surface area contributed by atoms with Gasteiger partial charge in [-0.1, -0.05) is 0 Å². The van der Waals surface area contributed by atoms with Gasteiger partial charge in [-0.15, -0.1) is 0 Å². The summed E-state index contributed by atoms with van der Waals surface area (Å²) in [5.41, 5.74) is 1.28. The number of hydrogen-bond donors (Lipinski definition) is 0. The molecule has 120 valence electrons. The predicted octanol–water partition coefficient (Wildman–Crippen LogP) is 4.23. The van der Waals surface area contributed by atoms with Crippen LogP contribution in [0, 0.1) is 11.6 Å². The molecule has 0 fully saturated rings. The summed E-state index contributed by atoms with van der Waals surface area (Å²) < 4.78 is 32.6. The summed E-state index contributed by atoms with van der Waals surface area (Å²) in [5, 5.41) is 0. The fourth-order valence-corrected chi connectivity index (χ4v) is 3.05.